The maximum absolute atomic E-state index is 12.7. The molecule has 0 spiro atoms. The normalized spacial score (nSPS) is 15.9. The van der Waals surface area contributed by atoms with Crippen LogP contribution >= 0.6 is 11.3 Å². The molecule has 2 N–H and O–H groups in total. The first-order valence-electron chi connectivity index (χ1n) is 8.23. The number of nitrogens with one attached hydrogen (secondary N) is 2. The van der Waals surface area contributed by atoms with Gasteiger partial charge in [-0.1, -0.05) is 42.5 Å². The van der Waals surface area contributed by atoms with Gasteiger partial charge in [0.05, 0.1) is 12.2 Å². The Morgan fingerprint density at radius 3 is 2.52 bits per heavy atom. The van der Waals surface area contributed by atoms with E-state index in [4.69, 9.17) is 4.74 Å². The molecule has 0 aliphatic carbocycles. The minimum absolute atomic E-state index is 0.0484. The Hall–Kier alpha value is -2.79. The monoisotopic (exact) mass is 350 g/mol. The third-order valence-corrected chi connectivity index (χ3v) is 5.09. The highest BCUT2D eigenvalue weighted by molar-refractivity contribution is 7.15. The van der Waals surface area contributed by atoms with Gasteiger partial charge in [-0.15, -0.1) is 11.3 Å². The second-order valence-corrected chi connectivity index (χ2v) is 6.65. The first-order chi connectivity index (χ1) is 12.3. The zero-order valence-corrected chi connectivity index (χ0v) is 14.6. The molecule has 126 valence electrons. The summed E-state index contributed by atoms with van der Waals surface area (Å²) in [7, 11) is 0. The first kappa shape index (κ1) is 15.7. The van der Waals surface area contributed by atoms with Crippen molar-refractivity contribution in [1.82, 2.24) is 5.32 Å². The van der Waals surface area contributed by atoms with Crippen LogP contribution in [0.15, 0.2) is 60.0 Å². The second kappa shape index (κ2) is 6.61. The molecule has 0 radical (unpaired) electrons. The molecule has 1 aliphatic rings. The van der Waals surface area contributed by atoms with E-state index in [0.29, 0.717) is 6.61 Å². The Morgan fingerprint density at radius 2 is 1.80 bits per heavy atom. The van der Waals surface area contributed by atoms with Gasteiger partial charge in [0, 0.05) is 10.9 Å². The molecule has 25 heavy (non-hydrogen) atoms. The summed E-state index contributed by atoms with van der Waals surface area (Å²) in [6, 6.07) is 17.8. The number of rotatable bonds is 4. The van der Waals surface area contributed by atoms with Crippen LogP contribution in [0.4, 0.5) is 5.00 Å². The predicted molar refractivity (Wildman–Crippen MR) is 101 cm³/mol. The number of carbonyl (C=O) groups is 1. The maximum atomic E-state index is 12.7. The van der Waals surface area contributed by atoms with Gasteiger partial charge in [-0.25, -0.2) is 0 Å². The lowest BCUT2D eigenvalue weighted by Crippen LogP contribution is -2.37. The number of amides is 1. The molecule has 0 saturated carbocycles. The Morgan fingerprint density at radius 1 is 1.04 bits per heavy atom. The molecule has 3 aromatic rings. The summed E-state index contributed by atoms with van der Waals surface area (Å²) in [5.74, 6) is 0.782. The number of ether oxygens (including phenoxy) is 1. The SMILES string of the molecule is CCOc1ccc([C@@H]2NC(=O)c3c(-c4ccccc4)csc3N2)cc1. The van der Waals surface area contributed by atoms with Crippen molar-refractivity contribution in [3.8, 4) is 16.9 Å². The van der Waals surface area contributed by atoms with Gasteiger partial charge < -0.3 is 15.4 Å². The van der Waals surface area contributed by atoms with Crippen LogP contribution in [0.5, 0.6) is 5.75 Å². The van der Waals surface area contributed by atoms with Crippen LogP contribution in [0.3, 0.4) is 0 Å². The standard InChI is InChI=1S/C20H18N2O2S/c1-2-24-15-10-8-14(9-11-15)18-21-19(23)17-16(12-25-20(17)22-18)13-6-4-3-5-7-13/h3-12,18,22H,2H2,1H3,(H,21,23)/t18-/m1/s1. The largest absolute Gasteiger partial charge is 0.494 e. The molecule has 1 amide bonds. The molecule has 5 heteroatoms. The van der Waals surface area contributed by atoms with E-state index >= 15 is 0 Å². The maximum Gasteiger partial charge on any atom is 0.256 e. The summed E-state index contributed by atoms with van der Waals surface area (Å²) < 4.78 is 5.47. The summed E-state index contributed by atoms with van der Waals surface area (Å²) in [5.41, 5.74) is 3.74. The van der Waals surface area contributed by atoms with Crippen LogP contribution in [0.25, 0.3) is 11.1 Å². The minimum atomic E-state index is -0.238. The van der Waals surface area contributed by atoms with Crippen molar-refractivity contribution in [3.63, 3.8) is 0 Å². The average molecular weight is 350 g/mol. The van der Waals surface area contributed by atoms with E-state index in [0.717, 1.165) is 33.0 Å². The quantitative estimate of drug-likeness (QED) is 0.719. The van der Waals surface area contributed by atoms with E-state index in [1.54, 1.807) is 11.3 Å². The average Bonchev–Trinajstić information content (AvgIpc) is 3.08. The summed E-state index contributed by atoms with van der Waals surface area (Å²) in [6.07, 6.45) is -0.238. The molecule has 0 unspecified atom stereocenters. The van der Waals surface area contributed by atoms with Crippen LogP contribution in [-0.2, 0) is 0 Å². The zero-order valence-electron chi connectivity index (χ0n) is 13.8. The molecular formula is C20H18N2O2S. The van der Waals surface area contributed by atoms with Crippen molar-refractivity contribution in [1.29, 1.82) is 0 Å². The highest BCUT2D eigenvalue weighted by Gasteiger charge is 2.29. The number of hydrogen-bond donors (Lipinski definition) is 2. The Balaban J connectivity index is 1.62. The van der Waals surface area contributed by atoms with Crippen molar-refractivity contribution < 1.29 is 9.53 Å². The first-order valence-corrected chi connectivity index (χ1v) is 9.11. The summed E-state index contributed by atoms with van der Waals surface area (Å²) >= 11 is 1.56. The molecule has 2 aromatic carbocycles. The van der Waals surface area contributed by atoms with Crippen molar-refractivity contribution >= 4 is 22.2 Å². The van der Waals surface area contributed by atoms with Gasteiger partial charge in [0.15, 0.2) is 0 Å². The predicted octanol–water partition coefficient (Wildman–Crippen LogP) is 4.67. The fourth-order valence-electron chi connectivity index (χ4n) is 2.98. The Bertz CT molecular complexity index is 888. The number of hydrogen-bond acceptors (Lipinski definition) is 4. The topological polar surface area (TPSA) is 50.4 Å². The number of fused-ring (bicyclic) bond motifs is 1. The molecule has 0 bridgehead atoms. The molecule has 0 fully saturated rings. The van der Waals surface area contributed by atoms with Gasteiger partial charge in [-0.05, 0) is 30.2 Å². The highest BCUT2D eigenvalue weighted by Crippen LogP contribution is 2.39. The lowest BCUT2D eigenvalue weighted by molar-refractivity contribution is 0.0937. The molecule has 1 atom stereocenters. The van der Waals surface area contributed by atoms with E-state index in [1.807, 2.05) is 66.9 Å². The number of thiophene rings is 1. The molecule has 4 nitrogen and oxygen atoms in total. The third kappa shape index (κ3) is 2.98. The van der Waals surface area contributed by atoms with Crippen LogP contribution in [0.2, 0.25) is 0 Å². The number of benzene rings is 2. The van der Waals surface area contributed by atoms with Crippen molar-refractivity contribution in [3.05, 3.63) is 71.1 Å². The smallest absolute Gasteiger partial charge is 0.256 e. The molecule has 1 aliphatic heterocycles. The second-order valence-electron chi connectivity index (χ2n) is 5.77. The molecular weight excluding hydrogens is 332 g/mol. The van der Waals surface area contributed by atoms with Gasteiger partial charge in [-0.3, -0.25) is 4.79 Å². The molecule has 4 rings (SSSR count). The van der Waals surface area contributed by atoms with Gasteiger partial charge >= 0.3 is 0 Å². The van der Waals surface area contributed by atoms with Gasteiger partial charge in [0.1, 0.15) is 16.9 Å². The van der Waals surface area contributed by atoms with Gasteiger partial charge in [0.25, 0.3) is 5.91 Å². The summed E-state index contributed by atoms with van der Waals surface area (Å²) in [4.78, 5) is 12.7. The summed E-state index contributed by atoms with van der Waals surface area (Å²) in [6.45, 7) is 2.60. The molecule has 0 saturated heterocycles. The van der Waals surface area contributed by atoms with Crippen LogP contribution in [0.1, 0.15) is 29.0 Å². The van der Waals surface area contributed by atoms with E-state index in [9.17, 15) is 4.79 Å². The number of anilines is 1. The van der Waals surface area contributed by atoms with Crippen molar-refractivity contribution in [2.24, 2.45) is 0 Å². The highest BCUT2D eigenvalue weighted by atomic mass is 32.1. The van der Waals surface area contributed by atoms with Crippen LogP contribution in [0, 0.1) is 0 Å². The van der Waals surface area contributed by atoms with Crippen molar-refractivity contribution in [2.75, 3.05) is 11.9 Å². The van der Waals surface area contributed by atoms with Crippen LogP contribution < -0.4 is 15.4 Å². The molecule has 1 aromatic heterocycles. The van der Waals surface area contributed by atoms with E-state index < -0.39 is 0 Å². The number of carbonyl (C=O) groups excluding carboxylic acids is 1. The van der Waals surface area contributed by atoms with Gasteiger partial charge in [0.2, 0.25) is 0 Å². The van der Waals surface area contributed by atoms with E-state index in [2.05, 4.69) is 10.6 Å². The van der Waals surface area contributed by atoms with E-state index in [1.165, 1.54) is 0 Å². The van der Waals surface area contributed by atoms with Crippen molar-refractivity contribution in [2.45, 2.75) is 13.1 Å². The fraction of sp³-hybridized carbons (Fsp3) is 0.150. The summed E-state index contributed by atoms with van der Waals surface area (Å²) in [5, 5.41) is 9.42. The lowest BCUT2D eigenvalue weighted by Gasteiger charge is -2.26. The third-order valence-electron chi connectivity index (χ3n) is 4.18. The molecule has 2 heterocycles. The minimum Gasteiger partial charge on any atom is -0.494 e. The Kier molecular flexibility index (Phi) is 4.15. The zero-order chi connectivity index (χ0) is 17.2. The Labute approximate surface area is 150 Å². The van der Waals surface area contributed by atoms with Gasteiger partial charge in [-0.2, -0.15) is 0 Å². The van der Waals surface area contributed by atoms with Crippen LogP contribution in [-0.4, -0.2) is 12.5 Å². The lowest BCUT2D eigenvalue weighted by atomic mass is 10.0. The fourth-order valence-corrected chi connectivity index (χ4v) is 3.98. The van der Waals surface area contributed by atoms with E-state index in [-0.39, 0.29) is 12.1 Å².